The quantitative estimate of drug-likeness (QED) is 0.334. The summed E-state index contributed by atoms with van der Waals surface area (Å²) in [6.45, 7) is 8.08. The molecule has 5 nitrogen and oxygen atoms in total. The smallest absolute Gasteiger partial charge is 0.333 e. The molecule has 0 aliphatic rings. The molecule has 1 aromatic rings. The van der Waals surface area contributed by atoms with E-state index in [1.165, 1.54) is 19.1 Å². The van der Waals surface area contributed by atoms with Crippen LogP contribution in [0.3, 0.4) is 0 Å². The van der Waals surface area contributed by atoms with Crippen molar-refractivity contribution in [3.63, 3.8) is 0 Å². The maximum absolute atomic E-state index is 11.8. The highest BCUT2D eigenvalue weighted by Gasteiger charge is 2.15. The molecule has 108 valence electrons. The van der Waals surface area contributed by atoms with Crippen LogP contribution in [0.4, 0.5) is 0 Å². The molecular formula is C14H16O5S. The summed E-state index contributed by atoms with van der Waals surface area (Å²) < 4.78 is 33.1. The Labute approximate surface area is 118 Å². The molecule has 0 aromatic heterocycles. The minimum Gasteiger partial charge on any atom is -0.460 e. The second kappa shape index (κ2) is 7.02. The molecule has 0 aliphatic heterocycles. The summed E-state index contributed by atoms with van der Waals surface area (Å²) in [7, 11) is -3.85. The molecule has 0 radical (unpaired) electrons. The highest BCUT2D eigenvalue weighted by atomic mass is 32.2. The van der Waals surface area contributed by atoms with Gasteiger partial charge in [0.25, 0.3) is 10.1 Å². The Morgan fingerprint density at radius 1 is 1.25 bits per heavy atom. The van der Waals surface area contributed by atoms with Gasteiger partial charge in [0.1, 0.15) is 13.2 Å². The van der Waals surface area contributed by atoms with Crippen molar-refractivity contribution in [2.45, 2.75) is 11.8 Å². The van der Waals surface area contributed by atoms with E-state index in [0.717, 1.165) is 5.56 Å². The third kappa shape index (κ3) is 4.64. The molecule has 1 aromatic carbocycles. The van der Waals surface area contributed by atoms with Gasteiger partial charge in [-0.3, -0.25) is 4.18 Å². The Kier molecular flexibility index (Phi) is 5.66. The van der Waals surface area contributed by atoms with Gasteiger partial charge in [0.15, 0.2) is 0 Å². The molecule has 20 heavy (non-hydrogen) atoms. The Morgan fingerprint density at radius 2 is 1.85 bits per heavy atom. The van der Waals surface area contributed by atoms with Gasteiger partial charge >= 0.3 is 5.97 Å². The van der Waals surface area contributed by atoms with E-state index >= 15 is 0 Å². The molecule has 0 bridgehead atoms. The van der Waals surface area contributed by atoms with Crippen LogP contribution in [-0.2, 0) is 23.8 Å². The summed E-state index contributed by atoms with van der Waals surface area (Å²) in [5, 5.41) is 0. The van der Waals surface area contributed by atoms with Gasteiger partial charge in [0, 0.05) is 5.57 Å². The Balaban J connectivity index is 2.55. The predicted molar refractivity (Wildman–Crippen MR) is 75.4 cm³/mol. The van der Waals surface area contributed by atoms with E-state index in [0.29, 0.717) is 0 Å². The van der Waals surface area contributed by atoms with Crippen molar-refractivity contribution in [2.75, 3.05) is 13.2 Å². The van der Waals surface area contributed by atoms with Crippen molar-refractivity contribution >= 4 is 22.2 Å². The van der Waals surface area contributed by atoms with Crippen molar-refractivity contribution < 1.29 is 22.1 Å². The van der Waals surface area contributed by atoms with Gasteiger partial charge in [0.05, 0.1) is 4.90 Å². The average Bonchev–Trinajstić information content (AvgIpc) is 2.43. The number of carbonyl (C=O) groups is 1. The molecule has 6 heteroatoms. The van der Waals surface area contributed by atoms with Gasteiger partial charge in [0.2, 0.25) is 0 Å². The van der Waals surface area contributed by atoms with Gasteiger partial charge < -0.3 is 4.74 Å². The Hall–Kier alpha value is -1.92. The first-order valence-corrected chi connectivity index (χ1v) is 7.22. The number of carbonyl (C=O) groups excluding carboxylic acids is 1. The lowest BCUT2D eigenvalue weighted by Crippen LogP contribution is -2.14. The van der Waals surface area contributed by atoms with E-state index in [-0.39, 0.29) is 23.7 Å². The lowest BCUT2D eigenvalue weighted by Gasteiger charge is -2.07. The van der Waals surface area contributed by atoms with Crippen LogP contribution in [-0.4, -0.2) is 27.6 Å². The summed E-state index contributed by atoms with van der Waals surface area (Å²) in [5.41, 5.74) is 1.05. The highest BCUT2D eigenvalue weighted by molar-refractivity contribution is 7.86. The summed E-state index contributed by atoms with van der Waals surface area (Å²) >= 11 is 0. The number of benzene rings is 1. The minimum absolute atomic E-state index is 0.0364. The topological polar surface area (TPSA) is 69.7 Å². The van der Waals surface area contributed by atoms with Crippen LogP contribution >= 0.6 is 0 Å². The number of hydrogen-bond acceptors (Lipinski definition) is 5. The molecule has 0 aliphatic carbocycles. The lowest BCUT2D eigenvalue weighted by molar-refractivity contribution is -0.139. The Morgan fingerprint density at radius 3 is 2.35 bits per heavy atom. The zero-order valence-electron chi connectivity index (χ0n) is 11.2. The SMILES string of the molecule is C=Cc1ccc(S(=O)(=O)OCCOC(=O)C(=C)C)cc1. The van der Waals surface area contributed by atoms with Gasteiger partial charge in [-0.2, -0.15) is 8.42 Å². The van der Waals surface area contributed by atoms with Crippen LogP contribution in [0.2, 0.25) is 0 Å². The number of rotatable bonds is 7. The number of ether oxygens (including phenoxy) is 1. The normalized spacial score (nSPS) is 10.8. The molecule has 0 spiro atoms. The fourth-order valence-electron chi connectivity index (χ4n) is 1.24. The summed E-state index contributed by atoms with van der Waals surface area (Å²) in [4.78, 5) is 11.1. The van der Waals surface area contributed by atoms with Gasteiger partial charge in [-0.15, -0.1) is 0 Å². The first kappa shape index (κ1) is 16.1. The predicted octanol–water partition coefficient (Wildman–Crippen LogP) is 2.15. The average molecular weight is 296 g/mol. The summed E-state index contributed by atoms with van der Waals surface area (Å²) in [6.07, 6.45) is 1.61. The monoisotopic (exact) mass is 296 g/mol. The molecule has 0 N–H and O–H groups in total. The summed E-state index contributed by atoms with van der Waals surface area (Å²) in [5.74, 6) is -0.582. The van der Waals surface area contributed by atoms with Crippen LogP contribution in [0.15, 0.2) is 47.9 Å². The fourth-order valence-corrected chi connectivity index (χ4v) is 2.13. The van der Waals surface area contributed by atoms with Crippen molar-refractivity contribution in [1.82, 2.24) is 0 Å². The molecular weight excluding hydrogens is 280 g/mol. The summed E-state index contributed by atoms with van der Waals surface area (Å²) in [6, 6.07) is 6.08. The minimum atomic E-state index is -3.85. The Bertz CT molecular complexity index is 599. The third-order valence-electron chi connectivity index (χ3n) is 2.31. The van der Waals surface area contributed by atoms with Crippen molar-refractivity contribution in [1.29, 1.82) is 0 Å². The van der Waals surface area contributed by atoms with Crippen LogP contribution < -0.4 is 0 Å². The van der Waals surface area contributed by atoms with E-state index in [1.54, 1.807) is 18.2 Å². The largest absolute Gasteiger partial charge is 0.460 e. The maximum atomic E-state index is 11.8. The molecule has 0 atom stereocenters. The fraction of sp³-hybridized carbons (Fsp3) is 0.214. The standard InChI is InChI=1S/C14H16O5S/c1-4-12-5-7-13(8-6-12)20(16,17)19-10-9-18-14(15)11(2)3/h4-8H,1-2,9-10H2,3H3. The van der Waals surface area contributed by atoms with E-state index in [1.807, 2.05) is 0 Å². The molecule has 0 fully saturated rings. The van der Waals surface area contributed by atoms with Crippen molar-refractivity contribution in [3.05, 3.63) is 48.6 Å². The zero-order chi connectivity index (χ0) is 15.2. The first-order valence-electron chi connectivity index (χ1n) is 5.81. The third-order valence-corrected chi connectivity index (χ3v) is 3.63. The highest BCUT2D eigenvalue weighted by Crippen LogP contribution is 2.14. The first-order chi connectivity index (χ1) is 9.36. The molecule has 0 unspecified atom stereocenters. The van der Waals surface area contributed by atoms with E-state index in [4.69, 9.17) is 8.92 Å². The van der Waals surface area contributed by atoms with Crippen molar-refractivity contribution in [2.24, 2.45) is 0 Å². The lowest BCUT2D eigenvalue weighted by atomic mass is 10.2. The maximum Gasteiger partial charge on any atom is 0.333 e. The van der Waals surface area contributed by atoms with Crippen LogP contribution in [0, 0.1) is 0 Å². The molecule has 0 heterocycles. The van der Waals surface area contributed by atoms with Gasteiger partial charge in [-0.05, 0) is 24.6 Å². The van der Waals surface area contributed by atoms with E-state index in [2.05, 4.69) is 13.2 Å². The van der Waals surface area contributed by atoms with E-state index in [9.17, 15) is 13.2 Å². The van der Waals surface area contributed by atoms with Gasteiger partial charge in [-0.1, -0.05) is 31.4 Å². The molecule has 0 amide bonds. The molecule has 1 rings (SSSR count). The van der Waals surface area contributed by atoms with Crippen LogP contribution in [0.1, 0.15) is 12.5 Å². The van der Waals surface area contributed by atoms with Crippen molar-refractivity contribution in [3.8, 4) is 0 Å². The van der Waals surface area contributed by atoms with Crippen LogP contribution in [0.5, 0.6) is 0 Å². The second-order valence-corrected chi connectivity index (χ2v) is 5.58. The number of esters is 1. The number of hydrogen-bond donors (Lipinski definition) is 0. The van der Waals surface area contributed by atoms with Gasteiger partial charge in [-0.25, -0.2) is 4.79 Å². The zero-order valence-corrected chi connectivity index (χ0v) is 12.0. The van der Waals surface area contributed by atoms with E-state index < -0.39 is 16.1 Å². The second-order valence-electron chi connectivity index (χ2n) is 3.97. The van der Waals surface area contributed by atoms with Crippen LogP contribution in [0.25, 0.3) is 6.08 Å². The molecule has 0 saturated carbocycles. The molecule has 0 saturated heterocycles.